The summed E-state index contributed by atoms with van der Waals surface area (Å²) < 4.78 is 39.9. The van der Waals surface area contributed by atoms with E-state index in [1.54, 1.807) is 12.1 Å². The van der Waals surface area contributed by atoms with Crippen molar-refractivity contribution in [2.24, 2.45) is 0 Å². The third-order valence-electron chi connectivity index (χ3n) is 2.43. The molecule has 0 bridgehead atoms. The van der Waals surface area contributed by atoms with Crippen molar-refractivity contribution < 1.29 is 23.1 Å². The third kappa shape index (κ3) is 2.22. The molecule has 0 saturated heterocycles. The summed E-state index contributed by atoms with van der Waals surface area (Å²) in [7, 11) is 0. The Morgan fingerprint density at radius 3 is 2.28 bits per heavy atom. The van der Waals surface area contributed by atoms with E-state index in [0.717, 1.165) is 12.1 Å². The van der Waals surface area contributed by atoms with Crippen LogP contribution < -0.4 is 0 Å². The second-order valence-electron chi connectivity index (χ2n) is 3.63. The number of aromatic nitrogens is 1. The van der Waals surface area contributed by atoms with Gasteiger partial charge in [-0.05, 0) is 30.3 Å². The minimum absolute atomic E-state index is 0.0995. The van der Waals surface area contributed by atoms with E-state index >= 15 is 0 Å². The molecule has 1 aromatic heterocycles. The summed E-state index contributed by atoms with van der Waals surface area (Å²) in [5, 5.41) is 8.72. The molecule has 3 nitrogen and oxygen atoms in total. The van der Waals surface area contributed by atoms with Gasteiger partial charge >= 0.3 is 12.1 Å². The number of nitrogens with zero attached hydrogens (tertiary/aromatic N) is 1. The van der Waals surface area contributed by atoms with E-state index in [4.69, 9.17) is 5.11 Å². The molecule has 0 saturated carbocycles. The first-order valence-corrected chi connectivity index (χ1v) is 4.97. The van der Waals surface area contributed by atoms with E-state index < -0.39 is 23.3 Å². The van der Waals surface area contributed by atoms with E-state index in [-0.39, 0.29) is 5.69 Å². The Morgan fingerprint density at radius 2 is 1.78 bits per heavy atom. The second-order valence-corrected chi connectivity index (χ2v) is 3.63. The molecule has 0 atom stereocenters. The van der Waals surface area contributed by atoms with Gasteiger partial charge in [-0.15, -0.1) is 0 Å². The quantitative estimate of drug-likeness (QED) is 0.895. The van der Waals surface area contributed by atoms with Gasteiger partial charge in [0.2, 0.25) is 0 Å². The third-order valence-corrected chi connectivity index (χ3v) is 2.43. The second kappa shape index (κ2) is 4.21. The van der Waals surface area contributed by atoms with Gasteiger partial charge in [0, 0.05) is 12.4 Å². The Morgan fingerprint density at radius 1 is 1.17 bits per heavy atom. The molecule has 2 aromatic rings. The van der Waals surface area contributed by atoms with Crippen molar-refractivity contribution >= 4 is 5.97 Å². The summed E-state index contributed by atoms with van der Waals surface area (Å²) in [6.07, 6.45) is -1.68. The van der Waals surface area contributed by atoms with E-state index in [1.807, 2.05) is 0 Å². The highest BCUT2D eigenvalue weighted by atomic mass is 19.4. The predicted octanol–water partition coefficient (Wildman–Crippen LogP) is 3.19. The molecular weight excluding hydrogens is 247 g/mol. The van der Waals surface area contributed by atoms with Crippen LogP contribution in [0.2, 0.25) is 0 Å². The van der Waals surface area contributed by atoms with Crippen LogP contribution in [-0.2, 0) is 6.18 Å². The lowest BCUT2D eigenvalue weighted by Crippen LogP contribution is -2.12. The normalized spacial score (nSPS) is 11.5. The van der Waals surface area contributed by atoms with Gasteiger partial charge in [0.15, 0.2) is 0 Å². The maximum Gasteiger partial charge on any atom is 0.418 e. The highest BCUT2D eigenvalue weighted by Crippen LogP contribution is 2.34. The van der Waals surface area contributed by atoms with Crippen LogP contribution in [0.1, 0.15) is 15.9 Å². The number of alkyl halides is 3. The molecule has 0 amide bonds. The molecule has 0 unspecified atom stereocenters. The van der Waals surface area contributed by atoms with Gasteiger partial charge in [-0.25, -0.2) is 4.79 Å². The van der Waals surface area contributed by atoms with Crippen LogP contribution in [0.5, 0.6) is 0 Å². The molecular formula is C12H8F3NO2. The topological polar surface area (TPSA) is 42.2 Å². The van der Waals surface area contributed by atoms with Crippen molar-refractivity contribution in [1.29, 1.82) is 0 Å². The first-order valence-electron chi connectivity index (χ1n) is 4.97. The number of carbonyl (C=O) groups is 1. The van der Waals surface area contributed by atoms with Crippen molar-refractivity contribution in [3.05, 3.63) is 53.9 Å². The van der Waals surface area contributed by atoms with Crippen LogP contribution in [0.3, 0.4) is 0 Å². The van der Waals surface area contributed by atoms with Gasteiger partial charge in [0.25, 0.3) is 0 Å². The van der Waals surface area contributed by atoms with Crippen molar-refractivity contribution in [3.8, 4) is 5.69 Å². The molecule has 0 fully saturated rings. The van der Waals surface area contributed by atoms with Crippen LogP contribution >= 0.6 is 0 Å². The minimum atomic E-state index is -4.61. The molecule has 0 aliphatic carbocycles. The van der Waals surface area contributed by atoms with E-state index in [0.29, 0.717) is 6.07 Å². The van der Waals surface area contributed by atoms with Crippen molar-refractivity contribution in [3.63, 3.8) is 0 Å². The monoisotopic (exact) mass is 255 g/mol. The van der Waals surface area contributed by atoms with Gasteiger partial charge in [0.1, 0.15) is 0 Å². The van der Waals surface area contributed by atoms with Crippen LogP contribution in [0.4, 0.5) is 13.2 Å². The van der Waals surface area contributed by atoms with Gasteiger partial charge in [-0.2, -0.15) is 13.2 Å². The molecule has 1 heterocycles. The summed E-state index contributed by atoms with van der Waals surface area (Å²) >= 11 is 0. The average Bonchev–Trinajstić information content (AvgIpc) is 2.80. The Bertz CT molecular complexity index is 574. The van der Waals surface area contributed by atoms with Crippen LogP contribution in [-0.4, -0.2) is 15.6 Å². The lowest BCUT2D eigenvalue weighted by atomic mass is 10.1. The maximum atomic E-state index is 12.9. The number of rotatable bonds is 2. The zero-order valence-corrected chi connectivity index (χ0v) is 8.98. The Hall–Kier alpha value is -2.24. The Balaban J connectivity index is 2.64. The number of hydrogen-bond donors (Lipinski definition) is 1. The van der Waals surface area contributed by atoms with Gasteiger partial charge in [0.05, 0.1) is 16.8 Å². The van der Waals surface area contributed by atoms with E-state index in [1.165, 1.54) is 17.0 Å². The first kappa shape index (κ1) is 12.2. The standard InChI is InChI=1S/C12H8F3NO2/c13-12(14,15)9-7-8(11(17)18)3-4-10(9)16-5-1-2-6-16/h1-7H,(H,17,18). The molecule has 6 heteroatoms. The van der Waals surface area contributed by atoms with E-state index in [2.05, 4.69) is 0 Å². The number of carboxylic acid groups (broad SMARTS) is 1. The van der Waals surface area contributed by atoms with Crippen LogP contribution in [0.15, 0.2) is 42.7 Å². The zero-order chi connectivity index (χ0) is 13.3. The summed E-state index contributed by atoms with van der Waals surface area (Å²) in [5.74, 6) is -1.39. The summed E-state index contributed by atoms with van der Waals surface area (Å²) in [6.45, 7) is 0. The fourth-order valence-corrected chi connectivity index (χ4v) is 1.62. The number of benzene rings is 1. The minimum Gasteiger partial charge on any atom is -0.478 e. The fraction of sp³-hybridized carbons (Fsp3) is 0.0833. The molecule has 0 aliphatic heterocycles. The summed E-state index contributed by atoms with van der Waals surface area (Å²) in [4.78, 5) is 10.7. The molecule has 0 radical (unpaired) electrons. The number of hydrogen-bond acceptors (Lipinski definition) is 1. The lowest BCUT2D eigenvalue weighted by molar-refractivity contribution is -0.137. The molecule has 2 rings (SSSR count). The molecule has 18 heavy (non-hydrogen) atoms. The van der Waals surface area contributed by atoms with Crippen molar-refractivity contribution in [2.75, 3.05) is 0 Å². The number of carboxylic acids is 1. The van der Waals surface area contributed by atoms with Crippen LogP contribution in [0.25, 0.3) is 5.69 Å². The molecule has 1 aromatic carbocycles. The van der Waals surface area contributed by atoms with Gasteiger partial charge < -0.3 is 9.67 Å². The summed E-state index contributed by atoms with van der Waals surface area (Å²) in [5.41, 5.74) is -1.46. The Kier molecular flexibility index (Phi) is 2.86. The number of aromatic carboxylic acids is 1. The van der Waals surface area contributed by atoms with Crippen LogP contribution in [0, 0.1) is 0 Å². The van der Waals surface area contributed by atoms with Crippen molar-refractivity contribution in [1.82, 2.24) is 4.57 Å². The summed E-state index contributed by atoms with van der Waals surface area (Å²) in [6, 6.07) is 6.10. The lowest BCUT2D eigenvalue weighted by Gasteiger charge is -2.14. The van der Waals surface area contributed by atoms with Crippen molar-refractivity contribution in [2.45, 2.75) is 6.18 Å². The molecule has 94 valence electrons. The fourth-order valence-electron chi connectivity index (χ4n) is 1.62. The molecule has 0 aliphatic rings. The number of halogens is 3. The Labute approximate surface area is 100 Å². The molecule has 1 N–H and O–H groups in total. The highest BCUT2D eigenvalue weighted by molar-refractivity contribution is 5.88. The highest BCUT2D eigenvalue weighted by Gasteiger charge is 2.34. The predicted molar refractivity (Wildman–Crippen MR) is 57.7 cm³/mol. The smallest absolute Gasteiger partial charge is 0.418 e. The average molecular weight is 255 g/mol. The first-order chi connectivity index (χ1) is 8.39. The zero-order valence-electron chi connectivity index (χ0n) is 8.98. The maximum absolute atomic E-state index is 12.9. The van der Waals surface area contributed by atoms with E-state index in [9.17, 15) is 18.0 Å². The largest absolute Gasteiger partial charge is 0.478 e. The molecule has 0 spiro atoms. The van der Waals surface area contributed by atoms with Gasteiger partial charge in [-0.1, -0.05) is 0 Å². The SMILES string of the molecule is O=C(O)c1ccc(-n2cccc2)c(C(F)(F)F)c1. The van der Waals surface area contributed by atoms with Gasteiger partial charge in [-0.3, -0.25) is 0 Å².